The van der Waals surface area contributed by atoms with E-state index in [2.05, 4.69) is 44.4 Å². The van der Waals surface area contributed by atoms with Crippen molar-refractivity contribution in [2.45, 2.75) is 6.54 Å². The SMILES string of the molecule is C[NH+](C)Cc1ccccc1.[Cl-].[O]=[Ti]=[O]. The van der Waals surface area contributed by atoms with E-state index in [1.165, 1.54) is 10.5 Å². The van der Waals surface area contributed by atoms with Gasteiger partial charge in [-0.15, -0.1) is 0 Å². The van der Waals surface area contributed by atoms with Gasteiger partial charge in [0.15, 0.2) is 0 Å². The monoisotopic (exact) mass is 251 g/mol. The van der Waals surface area contributed by atoms with Crippen molar-refractivity contribution in [1.29, 1.82) is 0 Å². The molecule has 14 heavy (non-hydrogen) atoms. The zero-order valence-electron chi connectivity index (χ0n) is 8.29. The van der Waals surface area contributed by atoms with Gasteiger partial charge in [-0.1, -0.05) is 30.3 Å². The number of hydrogen-bond donors (Lipinski definition) is 1. The van der Waals surface area contributed by atoms with Crippen molar-refractivity contribution in [2.24, 2.45) is 0 Å². The van der Waals surface area contributed by atoms with Gasteiger partial charge in [-0.2, -0.15) is 0 Å². The van der Waals surface area contributed by atoms with Gasteiger partial charge in [0.05, 0.1) is 14.1 Å². The van der Waals surface area contributed by atoms with Crippen LogP contribution in [-0.4, -0.2) is 14.1 Å². The second kappa shape index (κ2) is 10.9. The van der Waals surface area contributed by atoms with Gasteiger partial charge in [0, 0.05) is 5.56 Å². The number of halogens is 1. The summed E-state index contributed by atoms with van der Waals surface area (Å²) >= 11 is -2.00. The second-order valence-corrected chi connectivity index (χ2v) is 3.21. The molecule has 0 heterocycles. The summed E-state index contributed by atoms with van der Waals surface area (Å²) in [4.78, 5) is 1.46. The van der Waals surface area contributed by atoms with Gasteiger partial charge in [0.25, 0.3) is 0 Å². The summed E-state index contributed by atoms with van der Waals surface area (Å²) in [6.45, 7) is 1.11. The Morgan fingerprint density at radius 2 is 1.57 bits per heavy atom. The predicted molar refractivity (Wildman–Crippen MR) is 44.3 cm³/mol. The van der Waals surface area contributed by atoms with E-state index in [1.54, 1.807) is 0 Å². The molecule has 0 saturated heterocycles. The van der Waals surface area contributed by atoms with Crippen LogP contribution in [0.4, 0.5) is 0 Å². The van der Waals surface area contributed by atoms with Crippen LogP contribution < -0.4 is 17.3 Å². The Labute approximate surface area is 99.5 Å². The molecule has 1 aromatic rings. The maximum atomic E-state index is 8.50. The van der Waals surface area contributed by atoms with E-state index in [0.717, 1.165) is 6.54 Å². The van der Waals surface area contributed by atoms with Crippen molar-refractivity contribution in [3.8, 4) is 0 Å². The standard InChI is InChI=1S/C9H13N.ClH.2O.Ti/c1-10(2)8-9-6-4-3-5-7-9;;;;/h3-7H,8H2,1-2H3;1H;;;. The van der Waals surface area contributed by atoms with E-state index in [4.69, 9.17) is 6.65 Å². The first kappa shape index (κ1) is 16.2. The Balaban J connectivity index is 0. The van der Waals surface area contributed by atoms with Crippen LogP contribution in [-0.2, 0) is 32.3 Å². The van der Waals surface area contributed by atoms with Crippen molar-refractivity contribution in [2.75, 3.05) is 14.1 Å². The Bertz CT molecular complexity index is 261. The van der Waals surface area contributed by atoms with Crippen LogP contribution in [0, 0.1) is 0 Å². The molecule has 0 aliphatic heterocycles. The summed E-state index contributed by atoms with van der Waals surface area (Å²) < 4.78 is 17.0. The molecule has 1 N–H and O–H groups in total. The third-order valence-electron chi connectivity index (χ3n) is 1.40. The summed E-state index contributed by atoms with van der Waals surface area (Å²) in [5.74, 6) is 0. The summed E-state index contributed by atoms with van der Waals surface area (Å²) in [6, 6.07) is 10.5. The van der Waals surface area contributed by atoms with Crippen LogP contribution in [0.1, 0.15) is 5.56 Å². The van der Waals surface area contributed by atoms with Crippen LogP contribution in [0.5, 0.6) is 0 Å². The van der Waals surface area contributed by atoms with E-state index >= 15 is 0 Å². The molecular weight excluding hydrogens is 237 g/mol. The van der Waals surface area contributed by atoms with E-state index in [0.29, 0.717) is 0 Å². The quantitative estimate of drug-likeness (QED) is 0.573. The average molecular weight is 252 g/mol. The number of quaternary nitrogens is 1. The molecule has 1 aromatic carbocycles. The van der Waals surface area contributed by atoms with Crippen molar-refractivity contribution in [3.05, 3.63) is 35.9 Å². The zero-order valence-corrected chi connectivity index (χ0v) is 10.6. The Hall–Kier alpha value is -0.216. The van der Waals surface area contributed by atoms with E-state index in [-0.39, 0.29) is 12.4 Å². The van der Waals surface area contributed by atoms with E-state index < -0.39 is 19.1 Å². The zero-order chi connectivity index (χ0) is 10.1. The number of benzene rings is 1. The molecule has 0 fully saturated rings. The van der Waals surface area contributed by atoms with Gasteiger partial charge in [0.2, 0.25) is 0 Å². The Morgan fingerprint density at radius 1 is 1.14 bits per heavy atom. The van der Waals surface area contributed by atoms with Gasteiger partial charge in [-0.25, -0.2) is 0 Å². The molecule has 5 heteroatoms. The van der Waals surface area contributed by atoms with Gasteiger partial charge in [-0.3, -0.25) is 0 Å². The molecule has 0 amide bonds. The van der Waals surface area contributed by atoms with Crippen LogP contribution in [0.15, 0.2) is 30.3 Å². The fraction of sp³-hybridized carbons (Fsp3) is 0.333. The van der Waals surface area contributed by atoms with Crippen LogP contribution in [0.3, 0.4) is 0 Å². The molecule has 0 aliphatic carbocycles. The molecule has 1 rings (SSSR count). The molecule has 0 spiro atoms. The molecule has 78 valence electrons. The number of rotatable bonds is 2. The van der Waals surface area contributed by atoms with Crippen molar-refractivity contribution < 1.29 is 43.0 Å². The van der Waals surface area contributed by atoms with Gasteiger partial charge < -0.3 is 17.3 Å². The molecule has 0 aromatic heterocycles. The van der Waals surface area contributed by atoms with Crippen LogP contribution >= 0.6 is 0 Å². The fourth-order valence-electron chi connectivity index (χ4n) is 1.00. The fourth-order valence-corrected chi connectivity index (χ4v) is 1.00. The van der Waals surface area contributed by atoms with Crippen molar-refractivity contribution in [3.63, 3.8) is 0 Å². The second-order valence-electron chi connectivity index (χ2n) is 2.95. The normalized spacial score (nSPS) is 7.93. The maximum absolute atomic E-state index is 8.50. The van der Waals surface area contributed by atoms with Gasteiger partial charge >= 0.3 is 25.7 Å². The third kappa shape index (κ3) is 9.87. The first-order valence-corrected chi connectivity index (χ1v) is 5.30. The Kier molecular flexibility index (Phi) is 12.6. The molecule has 0 radical (unpaired) electrons. The number of hydrogen-bond acceptors (Lipinski definition) is 2. The first-order chi connectivity index (χ1) is 6.20. The molecular formula is C9H14ClNO2Ti. The molecule has 0 unspecified atom stereocenters. The van der Waals surface area contributed by atoms with Crippen molar-refractivity contribution in [1.82, 2.24) is 0 Å². The van der Waals surface area contributed by atoms with Crippen molar-refractivity contribution >= 4 is 0 Å². The molecule has 0 bridgehead atoms. The summed E-state index contributed by atoms with van der Waals surface area (Å²) in [6.07, 6.45) is 0. The van der Waals surface area contributed by atoms with Gasteiger partial charge in [0.1, 0.15) is 6.54 Å². The summed E-state index contributed by atoms with van der Waals surface area (Å²) in [5, 5.41) is 0. The third-order valence-corrected chi connectivity index (χ3v) is 1.40. The van der Waals surface area contributed by atoms with Crippen LogP contribution in [0.25, 0.3) is 0 Å². The topological polar surface area (TPSA) is 38.6 Å². The average Bonchev–Trinajstić information content (AvgIpc) is 2.06. The molecule has 3 nitrogen and oxygen atoms in total. The van der Waals surface area contributed by atoms with Gasteiger partial charge in [-0.05, 0) is 0 Å². The summed E-state index contributed by atoms with van der Waals surface area (Å²) in [7, 11) is 4.32. The number of nitrogens with one attached hydrogen (secondary N) is 1. The minimum atomic E-state index is -2.00. The molecule has 0 atom stereocenters. The minimum absolute atomic E-state index is 0. The van der Waals surface area contributed by atoms with E-state index in [1.807, 2.05) is 0 Å². The Morgan fingerprint density at radius 3 is 1.93 bits per heavy atom. The molecule has 0 aliphatic rings. The summed E-state index contributed by atoms with van der Waals surface area (Å²) in [5.41, 5.74) is 1.41. The predicted octanol–water partition coefficient (Wildman–Crippen LogP) is -2.90. The van der Waals surface area contributed by atoms with E-state index in [9.17, 15) is 0 Å². The molecule has 0 saturated carbocycles. The first-order valence-electron chi connectivity index (χ1n) is 4.03. The van der Waals surface area contributed by atoms with Crippen LogP contribution in [0.2, 0.25) is 0 Å².